The first-order valence-corrected chi connectivity index (χ1v) is 7.44. The fourth-order valence-corrected chi connectivity index (χ4v) is 3.09. The number of hydrogen-bond acceptors (Lipinski definition) is 3. The van der Waals surface area contributed by atoms with Crippen LogP contribution in [-0.2, 0) is 16.0 Å². The number of rotatable bonds is 2. The van der Waals surface area contributed by atoms with Crippen LogP contribution in [0.3, 0.4) is 0 Å². The third kappa shape index (κ3) is 2.86. The van der Waals surface area contributed by atoms with Crippen molar-refractivity contribution in [3.63, 3.8) is 0 Å². The molecule has 108 valence electrons. The molecule has 2 atom stereocenters. The van der Waals surface area contributed by atoms with E-state index in [0.717, 1.165) is 26.1 Å². The number of amides is 1. The van der Waals surface area contributed by atoms with Crippen molar-refractivity contribution in [3.05, 3.63) is 35.4 Å². The Bertz CT molecular complexity index is 489. The Labute approximate surface area is 120 Å². The van der Waals surface area contributed by atoms with Crippen molar-refractivity contribution in [3.8, 4) is 0 Å². The first kappa shape index (κ1) is 13.6. The Hall–Kier alpha value is -1.39. The van der Waals surface area contributed by atoms with Crippen LogP contribution in [0.1, 0.15) is 30.6 Å². The van der Waals surface area contributed by atoms with Crippen molar-refractivity contribution >= 4 is 5.91 Å². The fraction of sp³-hybridized carbons (Fsp3) is 0.562. The minimum Gasteiger partial charge on any atom is -0.373 e. The molecule has 1 N–H and O–H groups in total. The topological polar surface area (TPSA) is 41.6 Å². The predicted octanol–water partition coefficient (Wildman–Crippen LogP) is 1.51. The standard InChI is InChI=1S/C16H22N2O2/c1-12-11-18(8-7-17-12)16(19)10-15-14-5-3-2-4-13(14)6-9-20-15/h2-5,12,15,17H,6-11H2,1H3/t12-,15-/m1/s1. The maximum atomic E-state index is 12.4. The zero-order valence-corrected chi connectivity index (χ0v) is 12.0. The van der Waals surface area contributed by atoms with Gasteiger partial charge in [0.05, 0.1) is 19.1 Å². The third-order valence-corrected chi connectivity index (χ3v) is 4.17. The molecule has 0 aliphatic carbocycles. The second-order valence-corrected chi connectivity index (χ2v) is 5.71. The highest BCUT2D eigenvalue weighted by atomic mass is 16.5. The van der Waals surface area contributed by atoms with E-state index in [1.165, 1.54) is 11.1 Å². The van der Waals surface area contributed by atoms with E-state index in [4.69, 9.17) is 4.74 Å². The van der Waals surface area contributed by atoms with Crippen LogP contribution in [0.2, 0.25) is 0 Å². The van der Waals surface area contributed by atoms with Crippen LogP contribution in [0.5, 0.6) is 0 Å². The molecule has 1 saturated heterocycles. The molecule has 0 bridgehead atoms. The summed E-state index contributed by atoms with van der Waals surface area (Å²) in [5.74, 6) is 0.208. The minimum atomic E-state index is -0.0716. The van der Waals surface area contributed by atoms with Crippen LogP contribution in [-0.4, -0.2) is 43.1 Å². The van der Waals surface area contributed by atoms with Gasteiger partial charge in [0.1, 0.15) is 0 Å². The summed E-state index contributed by atoms with van der Waals surface area (Å²) in [4.78, 5) is 14.4. The van der Waals surface area contributed by atoms with Crippen molar-refractivity contribution in [2.45, 2.75) is 31.9 Å². The average Bonchev–Trinajstić information content (AvgIpc) is 2.47. The van der Waals surface area contributed by atoms with Crippen molar-refractivity contribution in [2.24, 2.45) is 0 Å². The van der Waals surface area contributed by atoms with E-state index in [1.54, 1.807) is 0 Å². The SMILES string of the molecule is C[C@@H]1CN(C(=O)C[C@H]2OCCc3ccccc32)CCN1. The lowest BCUT2D eigenvalue weighted by molar-refractivity contribution is -0.135. The van der Waals surface area contributed by atoms with Crippen molar-refractivity contribution in [2.75, 3.05) is 26.2 Å². The number of fused-ring (bicyclic) bond motifs is 1. The number of ether oxygens (including phenoxy) is 1. The van der Waals surface area contributed by atoms with Gasteiger partial charge >= 0.3 is 0 Å². The molecule has 3 rings (SSSR count). The van der Waals surface area contributed by atoms with Gasteiger partial charge in [-0.3, -0.25) is 4.79 Å². The Kier molecular flexibility index (Phi) is 4.03. The van der Waals surface area contributed by atoms with E-state index in [2.05, 4.69) is 30.4 Å². The average molecular weight is 274 g/mol. The summed E-state index contributed by atoms with van der Waals surface area (Å²) in [5.41, 5.74) is 2.51. The minimum absolute atomic E-state index is 0.0716. The molecule has 0 radical (unpaired) electrons. The number of carbonyl (C=O) groups excluding carboxylic acids is 1. The van der Waals surface area contributed by atoms with Crippen LogP contribution >= 0.6 is 0 Å². The molecule has 0 spiro atoms. The summed E-state index contributed by atoms with van der Waals surface area (Å²) in [6, 6.07) is 8.70. The molecule has 20 heavy (non-hydrogen) atoms. The number of nitrogens with one attached hydrogen (secondary N) is 1. The predicted molar refractivity (Wildman–Crippen MR) is 77.5 cm³/mol. The third-order valence-electron chi connectivity index (χ3n) is 4.17. The second-order valence-electron chi connectivity index (χ2n) is 5.71. The zero-order valence-electron chi connectivity index (χ0n) is 12.0. The largest absolute Gasteiger partial charge is 0.373 e. The molecule has 0 unspecified atom stereocenters. The molecule has 0 saturated carbocycles. The molecule has 2 aliphatic heterocycles. The zero-order chi connectivity index (χ0) is 13.9. The Morgan fingerprint density at radius 1 is 1.45 bits per heavy atom. The smallest absolute Gasteiger partial charge is 0.225 e. The normalized spacial score (nSPS) is 26.1. The number of nitrogens with zero attached hydrogens (tertiary/aromatic N) is 1. The van der Waals surface area contributed by atoms with E-state index >= 15 is 0 Å². The quantitative estimate of drug-likeness (QED) is 0.889. The maximum absolute atomic E-state index is 12.4. The number of benzene rings is 1. The molecule has 4 nitrogen and oxygen atoms in total. The van der Waals surface area contributed by atoms with E-state index in [9.17, 15) is 4.79 Å². The lowest BCUT2D eigenvalue weighted by Crippen LogP contribution is -2.51. The van der Waals surface area contributed by atoms with Gasteiger partial charge < -0.3 is 15.0 Å². The molecular formula is C16H22N2O2. The van der Waals surface area contributed by atoms with Gasteiger partial charge in [0.25, 0.3) is 0 Å². The highest BCUT2D eigenvalue weighted by Crippen LogP contribution is 2.30. The van der Waals surface area contributed by atoms with Crippen LogP contribution in [0, 0.1) is 0 Å². The van der Waals surface area contributed by atoms with E-state index in [1.807, 2.05) is 11.0 Å². The Morgan fingerprint density at radius 3 is 3.15 bits per heavy atom. The van der Waals surface area contributed by atoms with E-state index < -0.39 is 0 Å². The summed E-state index contributed by atoms with van der Waals surface area (Å²) < 4.78 is 5.83. The van der Waals surface area contributed by atoms with E-state index in [0.29, 0.717) is 19.1 Å². The molecule has 2 aliphatic rings. The number of piperazine rings is 1. The first-order valence-electron chi connectivity index (χ1n) is 7.44. The van der Waals surface area contributed by atoms with Crippen molar-refractivity contribution < 1.29 is 9.53 Å². The summed E-state index contributed by atoms with van der Waals surface area (Å²) in [5, 5.41) is 3.36. The highest BCUT2D eigenvalue weighted by molar-refractivity contribution is 5.77. The summed E-state index contributed by atoms with van der Waals surface area (Å²) in [6.07, 6.45) is 1.34. The molecule has 1 fully saturated rings. The number of hydrogen-bond donors (Lipinski definition) is 1. The molecule has 1 amide bonds. The molecule has 2 heterocycles. The molecule has 1 aromatic carbocycles. The molecule has 1 aromatic rings. The highest BCUT2D eigenvalue weighted by Gasteiger charge is 2.27. The first-order chi connectivity index (χ1) is 9.74. The number of carbonyl (C=O) groups is 1. The van der Waals surface area contributed by atoms with Crippen LogP contribution in [0.15, 0.2) is 24.3 Å². The Balaban J connectivity index is 1.68. The van der Waals surface area contributed by atoms with Crippen LogP contribution in [0.4, 0.5) is 0 Å². The van der Waals surface area contributed by atoms with Gasteiger partial charge in [-0.1, -0.05) is 24.3 Å². The van der Waals surface area contributed by atoms with Gasteiger partial charge in [-0.2, -0.15) is 0 Å². The van der Waals surface area contributed by atoms with Gasteiger partial charge in [-0.15, -0.1) is 0 Å². The van der Waals surface area contributed by atoms with Gasteiger partial charge in [0.2, 0.25) is 5.91 Å². The van der Waals surface area contributed by atoms with Gasteiger partial charge in [-0.25, -0.2) is 0 Å². The molecule has 4 heteroatoms. The van der Waals surface area contributed by atoms with Crippen LogP contribution in [0.25, 0.3) is 0 Å². The Morgan fingerprint density at radius 2 is 2.30 bits per heavy atom. The lowest BCUT2D eigenvalue weighted by Gasteiger charge is -2.34. The summed E-state index contributed by atoms with van der Waals surface area (Å²) >= 11 is 0. The van der Waals surface area contributed by atoms with Gasteiger partial charge in [0.15, 0.2) is 0 Å². The van der Waals surface area contributed by atoms with Crippen molar-refractivity contribution in [1.29, 1.82) is 0 Å². The van der Waals surface area contributed by atoms with Gasteiger partial charge in [0, 0.05) is 25.7 Å². The molecule has 0 aromatic heterocycles. The fourth-order valence-electron chi connectivity index (χ4n) is 3.09. The maximum Gasteiger partial charge on any atom is 0.225 e. The van der Waals surface area contributed by atoms with E-state index in [-0.39, 0.29) is 12.0 Å². The van der Waals surface area contributed by atoms with Crippen LogP contribution < -0.4 is 5.32 Å². The van der Waals surface area contributed by atoms with Crippen molar-refractivity contribution in [1.82, 2.24) is 10.2 Å². The second kappa shape index (κ2) is 5.94. The van der Waals surface area contributed by atoms with Gasteiger partial charge in [-0.05, 0) is 24.5 Å². The summed E-state index contributed by atoms with van der Waals surface area (Å²) in [6.45, 7) is 5.32. The monoisotopic (exact) mass is 274 g/mol. The lowest BCUT2D eigenvalue weighted by atomic mass is 9.95. The molecular weight excluding hydrogens is 252 g/mol. The summed E-state index contributed by atoms with van der Waals surface area (Å²) in [7, 11) is 0.